The molecule has 2 aromatic rings. The lowest BCUT2D eigenvalue weighted by Gasteiger charge is -2.12. The molecule has 2 N–H and O–H groups in total. The second kappa shape index (κ2) is 6.75. The Balaban J connectivity index is 1.57. The summed E-state index contributed by atoms with van der Waals surface area (Å²) in [6.07, 6.45) is 6.49. The molecule has 1 aliphatic carbocycles. The van der Waals surface area contributed by atoms with Crippen LogP contribution in [0.5, 0.6) is 0 Å². The number of halogens is 1. The first kappa shape index (κ1) is 15.4. The summed E-state index contributed by atoms with van der Waals surface area (Å²) in [4.78, 5) is 12.0. The second-order valence-electron chi connectivity index (χ2n) is 5.64. The van der Waals surface area contributed by atoms with Crippen molar-refractivity contribution in [1.82, 2.24) is 15.1 Å². The average Bonchev–Trinajstić information content (AvgIpc) is 3.17. The van der Waals surface area contributed by atoms with Crippen LogP contribution in [0.4, 0.5) is 4.39 Å². The summed E-state index contributed by atoms with van der Waals surface area (Å²) in [5, 5.41) is 16.3. The zero-order valence-electron chi connectivity index (χ0n) is 12.5. The SMILES string of the molecule is O=C(Cc1ccn(-c2ccc(F)cc2)n1)N[C@@H]1C=C[C@H](CO)C1. The number of aromatic nitrogens is 2. The Kier molecular flexibility index (Phi) is 4.52. The molecule has 0 saturated carbocycles. The van der Waals surface area contributed by atoms with Crippen LogP contribution >= 0.6 is 0 Å². The van der Waals surface area contributed by atoms with Gasteiger partial charge >= 0.3 is 0 Å². The lowest BCUT2D eigenvalue weighted by molar-refractivity contribution is -0.120. The normalized spacial score (nSPS) is 19.9. The van der Waals surface area contributed by atoms with E-state index in [1.54, 1.807) is 29.1 Å². The van der Waals surface area contributed by atoms with Gasteiger partial charge in [0, 0.05) is 24.8 Å². The van der Waals surface area contributed by atoms with Crippen LogP contribution in [0.1, 0.15) is 12.1 Å². The molecule has 1 aromatic carbocycles. The van der Waals surface area contributed by atoms with Crippen molar-refractivity contribution in [3.8, 4) is 5.69 Å². The van der Waals surface area contributed by atoms with Crippen molar-refractivity contribution in [1.29, 1.82) is 0 Å². The molecule has 0 fully saturated rings. The van der Waals surface area contributed by atoms with E-state index in [4.69, 9.17) is 5.11 Å². The molecule has 1 aromatic heterocycles. The quantitative estimate of drug-likeness (QED) is 0.824. The number of nitrogens with zero attached hydrogens (tertiary/aromatic N) is 2. The smallest absolute Gasteiger partial charge is 0.226 e. The number of hydrogen-bond acceptors (Lipinski definition) is 3. The molecule has 2 atom stereocenters. The zero-order chi connectivity index (χ0) is 16.2. The molecule has 3 rings (SSSR count). The number of nitrogens with one attached hydrogen (secondary N) is 1. The van der Waals surface area contributed by atoms with E-state index in [1.165, 1.54) is 12.1 Å². The Morgan fingerprint density at radius 2 is 2.09 bits per heavy atom. The first-order valence-corrected chi connectivity index (χ1v) is 7.53. The fourth-order valence-electron chi connectivity index (χ4n) is 2.63. The van der Waals surface area contributed by atoms with Crippen LogP contribution in [0.2, 0.25) is 0 Å². The van der Waals surface area contributed by atoms with E-state index in [2.05, 4.69) is 10.4 Å². The number of hydrogen-bond donors (Lipinski definition) is 2. The van der Waals surface area contributed by atoms with Crippen LogP contribution in [0.15, 0.2) is 48.7 Å². The summed E-state index contributed by atoms with van der Waals surface area (Å²) in [6, 6.07) is 7.73. The molecule has 120 valence electrons. The third-order valence-electron chi connectivity index (χ3n) is 3.83. The van der Waals surface area contributed by atoms with Crippen molar-refractivity contribution in [2.24, 2.45) is 5.92 Å². The maximum Gasteiger partial charge on any atom is 0.226 e. The summed E-state index contributed by atoms with van der Waals surface area (Å²) < 4.78 is 14.5. The van der Waals surface area contributed by atoms with Crippen LogP contribution in [0.25, 0.3) is 5.69 Å². The van der Waals surface area contributed by atoms with E-state index in [-0.39, 0.29) is 36.7 Å². The average molecular weight is 315 g/mol. The first-order chi connectivity index (χ1) is 11.1. The largest absolute Gasteiger partial charge is 0.396 e. The predicted molar refractivity (Wildman–Crippen MR) is 83.5 cm³/mol. The Morgan fingerprint density at radius 3 is 2.78 bits per heavy atom. The third-order valence-corrected chi connectivity index (χ3v) is 3.83. The molecular weight excluding hydrogens is 297 g/mol. The van der Waals surface area contributed by atoms with Gasteiger partial charge in [0.2, 0.25) is 5.91 Å². The highest BCUT2D eigenvalue weighted by atomic mass is 19.1. The molecule has 0 unspecified atom stereocenters. The molecule has 1 amide bonds. The lowest BCUT2D eigenvalue weighted by Crippen LogP contribution is -2.34. The van der Waals surface area contributed by atoms with E-state index in [0.29, 0.717) is 5.69 Å². The van der Waals surface area contributed by atoms with Crippen LogP contribution in [0, 0.1) is 11.7 Å². The van der Waals surface area contributed by atoms with Crippen molar-refractivity contribution in [3.05, 3.63) is 60.2 Å². The molecule has 0 radical (unpaired) electrons. The summed E-state index contributed by atoms with van der Waals surface area (Å²) in [7, 11) is 0. The van der Waals surface area contributed by atoms with Crippen molar-refractivity contribution in [2.45, 2.75) is 18.9 Å². The maximum absolute atomic E-state index is 12.9. The summed E-state index contributed by atoms with van der Waals surface area (Å²) in [6.45, 7) is 0.102. The van der Waals surface area contributed by atoms with Gasteiger partial charge in [0.05, 0.1) is 17.8 Å². The molecular formula is C17H18FN3O2. The topological polar surface area (TPSA) is 67.2 Å². The van der Waals surface area contributed by atoms with Gasteiger partial charge in [-0.25, -0.2) is 9.07 Å². The van der Waals surface area contributed by atoms with Gasteiger partial charge < -0.3 is 10.4 Å². The Hall–Kier alpha value is -2.47. The highest BCUT2D eigenvalue weighted by molar-refractivity contribution is 5.78. The number of carbonyl (C=O) groups excluding carboxylic acids is 1. The molecule has 6 heteroatoms. The van der Waals surface area contributed by atoms with Gasteiger partial charge in [0.1, 0.15) is 5.82 Å². The fraction of sp³-hybridized carbons (Fsp3) is 0.294. The Bertz CT molecular complexity index is 709. The fourth-order valence-corrected chi connectivity index (χ4v) is 2.63. The number of amides is 1. The summed E-state index contributed by atoms with van der Waals surface area (Å²) in [5.74, 6) is -0.285. The van der Waals surface area contributed by atoms with E-state index in [0.717, 1.165) is 12.1 Å². The van der Waals surface area contributed by atoms with Gasteiger partial charge in [-0.1, -0.05) is 12.2 Å². The Labute approximate surface area is 133 Å². The second-order valence-corrected chi connectivity index (χ2v) is 5.64. The minimum Gasteiger partial charge on any atom is -0.396 e. The van der Waals surface area contributed by atoms with E-state index < -0.39 is 0 Å². The summed E-state index contributed by atoms with van der Waals surface area (Å²) >= 11 is 0. The van der Waals surface area contributed by atoms with Crippen molar-refractivity contribution in [2.75, 3.05) is 6.61 Å². The van der Waals surface area contributed by atoms with Gasteiger partial charge in [-0.2, -0.15) is 5.10 Å². The predicted octanol–water partition coefficient (Wildman–Crippen LogP) is 1.61. The molecule has 0 saturated heterocycles. The van der Waals surface area contributed by atoms with Gasteiger partial charge in [-0.05, 0) is 36.8 Å². The van der Waals surface area contributed by atoms with Crippen LogP contribution in [-0.2, 0) is 11.2 Å². The highest BCUT2D eigenvalue weighted by Gasteiger charge is 2.20. The minimum atomic E-state index is -0.300. The number of aliphatic hydroxyl groups is 1. The lowest BCUT2D eigenvalue weighted by atomic mass is 10.1. The van der Waals surface area contributed by atoms with Crippen molar-refractivity contribution in [3.63, 3.8) is 0 Å². The maximum atomic E-state index is 12.9. The molecule has 0 spiro atoms. The number of aliphatic hydroxyl groups excluding tert-OH is 1. The van der Waals surface area contributed by atoms with E-state index in [1.807, 2.05) is 12.2 Å². The van der Waals surface area contributed by atoms with Crippen LogP contribution in [0.3, 0.4) is 0 Å². The van der Waals surface area contributed by atoms with Gasteiger partial charge in [-0.15, -0.1) is 0 Å². The van der Waals surface area contributed by atoms with Gasteiger partial charge in [-0.3, -0.25) is 4.79 Å². The van der Waals surface area contributed by atoms with E-state index >= 15 is 0 Å². The van der Waals surface area contributed by atoms with Gasteiger partial charge in [0.25, 0.3) is 0 Å². The van der Waals surface area contributed by atoms with Crippen LogP contribution in [-0.4, -0.2) is 33.4 Å². The molecule has 23 heavy (non-hydrogen) atoms. The minimum absolute atomic E-state index is 0.0289. The number of benzene rings is 1. The molecule has 1 aliphatic rings. The first-order valence-electron chi connectivity index (χ1n) is 7.53. The van der Waals surface area contributed by atoms with Crippen molar-refractivity contribution >= 4 is 5.91 Å². The number of rotatable bonds is 5. The van der Waals surface area contributed by atoms with Crippen LogP contribution < -0.4 is 5.32 Å². The number of carbonyl (C=O) groups is 1. The summed E-state index contributed by atoms with van der Waals surface area (Å²) in [5.41, 5.74) is 1.38. The Morgan fingerprint density at radius 1 is 1.30 bits per heavy atom. The van der Waals surface area contributed by atoms with Crippen molar-refractivity contribution < 1.29 is 14.3 Å². The zero-order valence-corrected chi connectivity index (χ0v) is 12.5. The monoisotopic (exact) mass is 315 g/mol. The highest BCUT2D eigenvalue weighted by Crippen LogP contribution is 2.17. The molecule has 1 heterocycles. The standard InChI is InChI=1S/C17H18FN3O2/c18-13-2-5-16(6-3-13)21-8-7-15(20-21)10-17(23)19-14-4-1-12(9-14)11-22/h1-8,12,14,22H,9-11H2,(H,19,23)/t12-,14+/m0/s1. The van der Waals surface area contributed by atoms with E-state index in [9.17, 15) is 9.18 Å². The molecule has 0 bridgehead atoms. The van der Waals surface area contributed by atoms with Gasteiger partial charge in [0.15, 0.2) is 0 Å². The molecule has 0 aliphatic heterocycles. The molecule has 5 nitrogen and oxygen atoms in total. The third kappa shape index (κ3) is 3.84.